The van der Waals surface area contributed by atoms with Crippen molar-refractivity contribution in [1.82, 2.24) is 9.88 Å². The first kappa shape index (κ1) is 19.2. The van der Waals surface area contributed by atoms with E-state index in [0.717, 1.165) is 31.9 Å². The van der Waals surface area contributed by atoms with Crippen molar-refractivity contribution in [2.45, 2.75) is 40.2 Å². The Kier molecular flexibility index (Phi) is 5.40. The van der Waals surface area contributed by atoms with E-state index in [9.17, 15) is 4.79 Å². The first-order valence-electron chi connectivity index (χ1n) is 9.59. The fourth-order valence-corrected chi connectivity index (χ4v) is 3.42. The van der Waals surface area contributed by atoms with Gasteiger partial charge in [-0.05, 0) is 63.9 Å². The van der Waals surface area contributed by atoms with Gasteiger partial charge < -0.3 is 15.1 Å². The van der Waals surface area contributed by atoms with Gasteiger partial charge in [-0.1, -0.05) is 12.1 Å². The van der Waals surface area contributed by atoms with Gasteiger partial charge in [-0.15, -0.1) is 0 Å². The molecule has 5 nitrogen and oxygen atoms in total. The second kappa shape index (κ2) is 7.59. The summed E-state index contributed by atoms with van der Waals surface area (Å²) in [6.07, 6.45) is 1.74. The number of anilines is 2. The van der Waals surface area contributed by atoms with Crippen LogP contribution in [0, 0.1) is 13.8 Å². The molecule has 144 valence electrons. The van der Waals surface area contributed by atoms with E-state index in [0.29, 0.717) is 5.69 Å². The average Bonchev–Trinajstić information content (AvgIpc) is 2.63. The molecule has 2 heterocycles. The van der Waals surface area contributed by atoms with Crippen LogP contribution in [0.1, 0.15) is 42.4 Å². The van der Waals surface area contributed by atoms with Crippen LogP contribution < -0.4 is 10.2 Å². The quantitative estimate of drug-likeness (QED) is 0.896. The van der Waals surface area contributed by atoms with E-state index in [4.69, 9.17) is 0 Å². The molecule has 0 spiro atoms. The van der Waals surface area contributed by atoms with E-state index in [1.54, 1.807) is 6.20 Å². The summed E-state index contributed by atoms with van der Waals surface area (Å²) in [5.41, 5.74) is 5.31. The van der Waals surface area contributed by atoms with Crippen molar-refractivity contribution in [2.75, 3.05) is 36.4 Å². The molecule has 1 N–H and O–H groups in total. The number of rotatable bonds is 3. The molecule has 0 atom stereocenters. The Bertz CT molecular complexity index is 800. The number of carbonyl (C=O) groups excluding carboxylic acids is 1. The molecule has 1 aromatic carbocycles. The van der Waals surface area contributed by atoms with Gasteiger partial charge >= 0.3 is 0 Å². The lowest BCUT2D eigenvalue weighted by atomic mass is 10.1. The van der Waals surface area contributed by atoms with Crippen molar-refractivity contribution in [3.63, 3.8) is 0 Å². The lowest BCUT2D eigenvalue weighted by molar-refractivity contribution is 0.0741. The molecule has 5 heteroatoms. The third kappa shape index (κ3) is 4.59. The summed E-state index contributed by atoms with van der Waals surface area (Å²) < 4.78 is 0. The number of carbonyl (C=O) groups is 1. The minimum atomic E-state index is -0.0303. The molecule has 0 bridgehead atoms. The highest BCUT2D eigenvalue weighted by molar-refractivity contribution is 5.92. The molecule has 0 saturated carbocycles. The van der Waals surface area contributed by atoms with Gasteiger partial charge in [-0.2, -0.15) is 0 Å². The molecular formula is C22H30N4O. The number of hydrogen-bond donors (Lipinski definition) is 1. The molecule has 1 aromatic heterocycles. The maximum absolute atomic E-state index is 12.8. The highest BCUT2D eigenvalue weighted by Gasteiger charge is 2.24. The standard InChI is InChI=1S/C22H30N4O/c1-16-7-6-8-20(17(16)2)25-11-13-26(14-12-25)21(27)19-10-9-18(15-23-19)24-22(3,4)5/h6-10,15,24H,11-14H2,1-5H3. The van der Waals surface area contributed by atoms with Gasteiger partial charge in [0.15, 0.2) is 0 Å². The first-order chi connectivity index (χ1) is 12.7. The van der Waals surface area contributed by atoms with Gasteiger partial charge in [0, 0.05) is 37.4 Å². The molecule has 2 aromatic rings. The summed E-state index contributed by atoms with van der Waals surface area (Å²) in [5.74, 6) is 0.0120. The fourth-order valence-electron chi connectivity index (χ4n) is 3.42. The second-order valence-electron chi connectivity index (χ2n) is 8.31. The Morgan fingerprint density at radius 3 is 2.33 bits per heavy atom. The van der Waals surface area contributed by atoms with Gasteiger partial charge in [0.1, 0.15) is 5.69 Å². The number of aromatic nitrogens is 1. The van der Waals surface area contributed by atoms with Crippen molar-refractivity contribution in [3.05, 3.63) is 53.3 Å². The third-order valence-electron chi connectivity index (χ3n) is 4.99. The fraction of sp³-hybridized carbons (Fsp3) is 0.455. The van der Waals surface area contributed by atoms with Gasteiger partial charge in [0.05, 0.1) is 11.9 Å². The molecule has 27 heavy (non-hydrogen) atoms. The third-order valence-corrected chi connectivity index (χ3v) is 4.99. The van der Waals surface area contributed by atoms with E-state index in [2.05, 4.69) is 68.0 Å². The Balaban J connectivity index is 1.62. The van der Waals surface area contributed by atoms with E-state index in [-0.39, 0.29) is 11.4 Å². The highest BCUT2D eigenvalue weighted by atomic mass is 16.2. The number of nitrogens with zero attached hydrogens (tertiary/aromatic N) is 3. The van der Waals surface area contributed by atoms with Gasteiger partial charge in [0.2, 0.25) is 0 Å². The smallest absolute Gasteiger partial charge is 0.272 e. The van der Waals surface area contributed by atoms with Crippen LogP contribution in [0.5, 0.6) is 0 Å². The molecule has 1 aliphatic heterocycles. The Labute approximate surface area is 162 Å². The normalized spacial score (nSPS) is 15.0. The predicted molar refractivity (Wildman–Crippen MR) is 112 cm³/mol. The van der Waals surface area contributed by atoms with Crippen LogP contribution in [-0.4, -0.2) is 47.5 Å². The van der Waals surface area contributed by atoms with Crippen LogP contribution in [0.4, 0.5) is 11.4 Å². The number of aryl methyl sites for hydroxylation is 1. The van der Waals surface area contributed by atoms with Crippen LogP contribution in [0.2, 0.25) is 0 Å². The highest BCUT2D eigenvalue weighted by Crippen LogP contribution is 2.24. The lowest BCUT2D eigenvalue weighted by Gasteiger charge is -2.37. The molecule has 0 unspecified atom stereocenters. The molecule has 0 aliphatic carbocycles. The van der Waals surface area contributed by atoms with Crippen LogP contribution in [0.3, 0.4) is 0 Å². The van der Waals surface area contributed by atoms with E-state index in [1.165, 1.54) is 16.8 Å². The van der Waals surface area contributed by atoms with Crippen molar-refractivity contribution in [2.24, 2.45) is 0 Å². The summed E-state index contributed by atoms with van der Waals surface area (Å²) in [6, 6.07) is 10.2. The largest absolute Gasteiger partial charge is 0.379 e. The molecule has 0 radical (unpaired) electrons. The number of nitrogens with one attached hydrogen (secondary N) is 1. The number of hydrogen-bond acceptors (Lipinski definition) is 4. The molecule has 1 fully saturated rings. The maximum atomic E-state index is 12.8. The van der Waals surface area contributed by atoms with Crippen molar-refractivity contribution in [1.29, 1.82) is 0 Å². The van der Waals surface area contributed by atoms with Crippen LogP contribution >= 0.6 is 0 Å². The zero-order valence-corrected chi connectivity index (χ0v) is 17.0. The molecular weight excluding hydrogens is 336 g/mol. The zero-order chi connectivity index (χ0) is 19.6. The van der Waals surface area contributed by atoms with Crippen LogP contribution in [-0.2, 0) is 0 Å². The van der Waals surface area contributed by atoms with E-state index in [1.807, 2.05) is 17.0 Å². The van der Waals surface area contributed by atoms with Gasteiger partial charge in [0.25, 0.3) is 5.91 Å². The summed E-state index contributed by atoms with van der Waals surface area (Å²) in [7, 11) is 0. The zero-order valence-electron chi connectivity index (χ0n) is 17.0. The Morgan fingerprint density at radius 2 is 1.74 bits per heavy atom. The Hall–Kier alpha value is -2.56. The second-order valence-corrected chi connectivity index (χ2v) is 8.31. The molecule has 1 aliphatic rings. The maximum Gasteiger partial charge on any atom is 0.272 e. The monoisotopic (exact) mass is 366 g/mol. The minimum absolute atomic E-state index is 0.0120. The summed E-state index contributed by atoms with van der Waals surface area (Å²) in [5, 5.41) is 3.37. The number of pyridine rings is 1. The summed E-state index contributed by atoms with van der Waals surface area (Å²) >= 11 is 0. The predicted octanol–water partition coefficient (Wildman–Crippen LogP) is 3.87. The molecule has 1 saturated heterocycles. The summed E-state index contributed by atoms with van der Waals surface area (Å²) in [6.45, 7) is 13.7. The average molecular weight is 367 g/mol. The molecule has 1 amide bonds. The lowest BCUT2D eigenvalue weighted by Crippen LogP contribution is -2.49. The summed E-state index contributed by atoms with van der Waals surface area (Å²) in [4.78, 5) is 21.4. The number of piperazine rings is 1. The number of amides is 1. The van der Waals surface area contributed by atoms with E-state index < -0.39 is 0 Å². The van der Waals surface area contributed by atoms with Crippen molar-refractivity contribution in [3.8, 4) is 0 Å². The van der Waals surface area contributed by atoms with Crippen molar-refractivity contribution < 1.29 is 4.79 Å². The van der Waals surface area contributed by atoms with Gasteiger partial charge in [-0.25, -0.2) is 4.98 Å². The van der Waals surface area contributed by atoms with Gasteiger partial charge in [-0.3, -0.25) is 4.79 Å². The van der Waals surface area contributed by atoms with E-state index >= 15 is 0 Å². The first-order valence-corrected chi connectivity index (χ1v) is 9.59. The van der Waals surface area contributed by atoms with Crippen LogP contribution in [0.25, 0.3) is 0 Å². The molecule has 3 rings (SSSR count). The van der Waals surface area contributed by atoms with Crippen LogP contribution in [0.15, 0.2) is 36.5 Å². The SMILES string of the molecule is Cc1cccc(N2CCN(C(=O)c3ccc(NC(C)(C)C)cn3)CC2)c1C. The minimum Gasteiger partial charge on any atom is -0.379 e. The van der Waals surface area contributed by atoms with Crippen molar-refractivity contribution >= 4 is 17.3 Å². The Morgan fingerprint density at radius 1 is 1.04 bits per heavy atom. The number of benzene rings is 1. The topological polar surface area (TPSA) is 48.5 Å².